The van der Waals surface area contributed by atoms with E-state index in [0.717, 1.165) is 0 Å². The molecule has 0 aromatic rings. The molecule has 0 bridgehead atoms. The minimum absolute atomic E-state index is 0.334. The first-order valence-electron chi connectivity index (χ1n) is 2.72. The molecule has 2 heteroatoms. The molecule has 0 aliphatic heterocycles. The third kappa shape index (κ3) is 0.686. The maximum atomic E-state index is 12.0. The molecule has 0 saturated heterocycles. The summed E-state index contributed by atoms with van der Waals surface area (Å²) in [5, 5.41) is 8.35. The summed E-state index contributed by atoms with van der Waals surface area (Å²) in [5.74, 6) is 0. The van der Waals surface area contributed by atoms with E-state index in [1.54, 1.807) is 6.92 Å². The maximum Gasteiger partial charge on any atom is 0.103 e. The Labute approximate surface area is 48.1 Å². The third-order valence-electron chi connectivity index (χ3n) is 1.61. The summed E-state index contributed by atoms with van der Waals surface area (Å²) < 4.78 is 12.0. The number of alkyl halides is 1. The quantitative estimate of drug-likeness (QED) is 0.468. The van der Waals surface area contributed by atoms with E-state index < -0.39 is 6.17 Å². The molecule has 0 heterocycles. The summed E-state index contributed by atoms with van der Waals surface area (Å²) in [5.41, 5.74) is -0.334. The highest BCUT2D eigenvalue weighted by atomic mass is 19.1. The lowest BCUT2D eigenvalue weighted by Gasteiger charge is -2.34. The number of halogens is 1. The fourth-order valence-corrected chi connectivity index (χ4v) is 1.01. The van der Waals surface area contributed by atoms with Crippen molar-refractivity contribution in [3.05, 3.63) is 0 Å². The lowest BCUT2D eigenvalue weighted by molar-refractivity contribution is 0.0901. The Hall–Kier alpha value is -0.580. The molecule has 0 aromatic heterocycles. The van der Waals surface area contributed by atoms with Crippen molar-refractivity contribution in [3.63, 3.8) is 0 Å². The van der Waals surface area contributed by atoms with Gasteiger partial charge in [0.1, 0.15) is 6.17 Å². The van der Waals surface area contributed by atoms with Crippen molar-refractivity contribution >= 4 is 0 Å². The molecule has 44 valence electrons. The molecule has 1 fully saturated rings. The first-order valence-corrected chi connectivity index (χ1v) is 2.72. The topological polar surface area (TPSA) is 23.8 Å². The third-order valence-corrected chi connectivity index (χ3v) is 1.61. The average Bonchev–Trinajstić information content (AvgIpc) is 1.63. The van der Waals surface area contributed by atoms with Gasteiger partial charge in [-0.05, 0) is 19.8 Å². The fraction of sp³-hybridized carbons (Fsp3) is 0.833. The smallest absolute Gasteiger partial charge is 0.103 e. The van der Waals surface area contributed by atoms with Gasteiger partial charge in [0.15, 0.2) is 0 Å². The Balaban J connectivity index is 2.44. The molecule has 0 atom stereocenters. The van der Waals surface area contributed by atoms with Crippen molar-refractivity contribution in [3.8, 4) is 6.07 Å². The molecule has 8 heavy (non-hydrogen) atoms. The van der Waals surface area contributed by atoms with Gasteiger partial charge in [-0.25, -0.2) is 4.39 Å². The monoisotopic (exact) mass is 113 g/mol. The minimum atomic E-state index is -0.709. The van der Waals surface area contributed by atoms with Gasteiger partial charge in [0.2, 0.25) is 0 Å². The predicted octanol–water partition coefficient (Wildman–Crippen LogP) is 1.65. The SMILES string of the molecule is CC1(C#N)CC(F)C1. The van der Waals surface area contributed by atoms with Gasteiger partial charge in [-0.15, -0.1) is 0 Å². The summed E-state index contributed by atoms with van der Waals surface area (Å²) in [7, 11) is 0. The van der Waals surface area contributed by atoms with Crippen LogP contribution in [0.3, 0.4) is 0 Å². The standard InChI is InChI=1S/C6H8FN/c1-6(4-8)2-5(7)3-6/h5H,2-3H2,1H3. The van der Waals surface area contributed by atoms with E-state index in [2.05, 4.69) is 6.07 Å². The molecule has 0 radical (unpaired) electrons. The van der Waals surface area contributed by atoms with Crippen LogP contribution in [0.2, 0.25) is 0 Å². The lowest BCUT2D eigenvalue weighted by Crippen LogP contribution is -2.34. The van der Waals surface area contributed by atoms with Crippen LogP contribution in [-0.2, 0) is 0 Å². The molecule has 1 nitrogen and oxygen atoms in total. The minimum Gasteiger partial charge on any atom is -0.247 e. The summed E-state index contributed by atoms with van der Waals surface area (Å²) in [6.45, 7) is 1.79. The molecule has 0 spiro atoms. The van der Waals surface area contributed by atoms with Crippen molar-refractivity contribution < 1.29 is 4.39 Å². The van der Waals surface area contributed by atoms with Crippen LogP contribution in [0.4, 0.5) is 4.39 Å². The van der Waals surface area contributed by atoms with Crippen LogP contribution in [0, 0.1) is 16.7 Å². The molecular formula is C6H8FN. The zero-order chi connectivity index (χ0) is 6.20. The second-order valence-electron chi connectivity index (χ2n) is 2.68. The van der Waals surface area contributed by atoms with Crippen molar-refractivity contribution in [1.29, 1.82) is 5.26 Å². The van der Waals surface area contributed by atoms with Crippen LogP contribution in [0.25, 0.3) is 0 Å². The van der Waals surface area contributed by atoms with Crippen LogP contribution in [0.15, 0.2) is 0 Å². The molecule has 0 unspecified atom stereocenters. The molecule has 0 amide bonds. The van der Waals surface area contributed by atoms with Gasteiger partial charge < -0.3 is 0 Å². The summed E-state index contributed by atoms with van der Waals surface area (Å²) in [6.07, 6.45) is 0.159. The van der Waals surface area contributed by atoms with E-state index in [9.17, 15) is 4.39 Å². The molecule has 1 rings (SSSR count). The van der Waals surface area contributed by atoms with Crippen molar-refractivity contribution in [2.24, 2.45) is 5.41 Å². The van der Waals surface area contributed by atoms with Gasteiger partial charge in [-0.1, -0.05) is 0 Å². The first-order chi connectivity index (χ1) is 3.66. The highest BCUT2D eigenvalue weighted by molar-refractivity contribution is 5.05. The Bertz CT molecular complexity index is 130. The van der Waals surface area contributed by atoms with E-state index in [4.69, 9.17) is 5.26 Å². The normalized spacial score (nSPS) is 44.9. The summed E-state index contributed by atoms with van der Waals surface area (Å²) in [6, 6.07) is 2.07. The number of hydrogen-bond donors (Lipinski definition) is 0. The average molecular weight is 113 g/mol. The van der Waals surface area contributed by atoms with Gasteiger partial charge in [0, 0.05) is 0 Å². The Morgan fingerprint density at radius 3 is 2.38 bits per heavy atom. The van der Waals surface area contributed by atoms with Gasteiger partial charge >= 0.3 is 0 Å². The second kappa shape index (κ2) is 1.45. The number of nitrogens with zero attached hydrogens (tertiary/aromatic N) is 1. The zero-order valence-corrected chi connectivity index (χ0v) is 4.82. The van der Waals surface area contributed by atoms with Crippen LogP contribution in [0.5, 0.6) is 0 Å². The van der Waals surface area contributed by atoms with E-state index in [1.165, 1.54) is 0 Å². The van der Waals surface area contributed by atoms with E-state index in [0.29, 0.717) is 12.8 Å². The van der Waals surface area contributed by atoms with E-state index >= 15 is 0 Å². The van der Waals surface area contributed by atoms with E-state index in [1.807, 2.05) is 0 Å². The van der Waals surface area contributed by atoms with Crippen LogP contribution in [0.1, 0.15) is 19.8 Å². The van der Waals surface area contributed by atoms with Gasteiger partial charge in [0.05, 0.1) is 11.5 Å². The molecule has 1 aliphatic carbocycles. The summed E-state index contributed by atoms with van der Waals surface area (Å²) >= 11 is 0. The lowest BCUT2D eigenvalue weighted by atomic mass is 9.70. The van der Waals surface area contributed by atoms with Crippen LogP contribution in [-0.4, -0.2) is 6.17 Å². The molecule has 0 aromatic carbocycles. The first kappa shape index (κ1) is 5.55. The van der Waals surface area contributed by atoms with Crippen LogP contribution < -0.4 is 0 Å². The van der Waals surface area contributed by atoms with Crippen LogP contribution >= 0.6 is 0 Å². The molecule has 0 N–H and O–H groups in total. The Morgan fingerprint density at radius 2 is 2.25 bits per heavy atom. The Morgan fingerprint density at radius 1 is 1.75 bits per heavy atom. The van der Waals surface area contributed by atoms with Crippen molar-refractivity contribution in [2.45, 2.75) is 25.9 Å². The summed E-state index contributed by atoms with van der Waals surface area (Å²) in [4.78, 5) is 0. The van der Waals surface area contributed by atoms with Crippen molar-refractivity contribution in [1.82, 2.24) is 0 Å². The number of rotatable bonds is 0. The fourth-order valence-electron chi connectivity index (χ4n) is 1.01. The zero-order valence-electron chi connectivity index (χ0n) is 4.82. The molecule has 1 aliphatic rings. The van der Waals surface area contributed by atoms with E-state index in [-0.39, 0.29) is 5.41 Å². The van der Waals surface area contributed by atoms with Gasteiger partial charge in [-0.2, -0.15) is 5.26 Å². The van der Waals surface area contributed by atoms with Gasteiger partial charge in [0.25, 0.3) is 0 Å². The maximum absolute atomic E-state index is 12.0. The molecule has 1 saturated carbocycles. The second-order valence-corrected chi connectivity index (χ2v) is 2.68. The highest BCUT2D eigenvalue weighted by Gasteiger charge is 2.40. The highest BCUT2D eigenvalue weighted by Crippen LogP contribution is 2.41. The number of hydrogen-bond acceptors (Lipinski definition) is 1. The number of nitriles is 1. The Kier molecular flexibility index (Phi) is 1.00. The van der Waals surface area contributed by atoms with Crippen molar-refractivity contribution in [2.75, 3.05) is 0 Å². The van der Waals surface area contributed by atoms with Gasteiger partial charge in [-0.3, -0.25) is 0 Å². The molecular weight excluding hydrogens is 105 g/mol. The predicted molar refractivity (Wildman–Crippen MR) is 27.8 cm³/mol. The largest absolute Gasteiger partial charge is 0.247 e.